The number of ether oxygens (including phenoxy) is 1. The molecule has 2 heterocycles. The summed E-state index contributed by atoms with van der Waals surface area (Å²) in [6.45, 7) is 0.222. The van der Waals surface area contributed by atoms with Crippen molar-refractivity contribution >= 4 is 52.5 Å². The Bertz CT molecular complexity index is 878. The highest BCUT2D eigenvalue weighted by Crippen LogP contribution is 2.28. The molecule has 8 heteroatoms. The van der Waals surface area contributed by atoms with E-state index in [-0.39, 0.29) is 18.7 Å². The first-order chi connectivity index (χ1) is 12.5. The highest BCUT2D eigenvalue weighted by atomic mass is 35.5. The van der Waals surface area contributed by atoms with Crippen molar-refractivity contribution in [3.8, 4) is 0 Å². The van der Waals surface area contributed by atoms with Crippen LogP contribution in [0.4, 0.5) is 10.5 Å². The molecule has 1 aliphatic rings. The number of imide groups is 2. The molecule has 1 fully saturated rings. The summed E-state index contributed by atoms with van der Waals surface area (Å²) in [7, 11) is 1.48. The number of benzene rings is 1. The molecule has 0 unspecified atom stereocenters. The number of carbonyl (C=O) groups is 3. The number of hydrogen-bond acceptors (Lipinski definition) is 5. The van der Waals surface area contributed by atoms with E-state index in [1.165, 1.54) is 24.5 Å². The minimum Gasteiger partial charge on any atom is -0.383 e. The monoisotopic (exact) mass is 390 g/mol. The molecule has 0 N–H and O–H groups in total. The summed E-state index contributed by atoms with van der Waals surface area (Å²) in [5.74, 6) is -1.31. The smallest absolute Gasteiger partial charge is 0.338 e. The number of nitrogens with zero attached hydrogens (tertiary/aromatic N) is 2. The van der Waals surface area contributed by atoms with Crippen LogP contribution < -0.4 is 4.90 Å². The van der Waals surface area contributed by atoms with Gasteiger partial charge in [0.1, 0.15) is 5.57 Å². The van der Waals surface area contributed by atoms with Gasteiger partial charge in [-0.05, 0) is 30.3 Å². The number of anilines is 1. The molecular weight excluding hydrogens is 376 g/mol. The van der Waals surface area contributed by atoms with Crippen LogP contribution in [0.5, 0.6) is 0 Å². The van der Waals surface area contributed by atoms with E-state index in [0.717, 1.165) is 9.80 Å². The van der Waals surface area contributed by atoms with E-state index in [2.05, 4.69) is 0 Å². The van der Waals surface area contributed by atoms with Crippen molar-refractivity contribution in [2.24, 2.45) is 0 Å². The van der Waals surface area contributed by atoms with E-state index < -0.39 is 17.8 Å². The third-order valence-corrected chi connectivity index (χ3v) is 4.92. The molecule has 1 aromatic heterocycles. The maximum absolute atomic E-state index is 12.9. The van der Waals surface area contributed by atoms with Gasteiger partial charge in [-0.2, -0.15) is 0 Å². The third-order valence-electron chi connectivity index (χ3n) is 3.75. The van der Waals surface area contributed by atoms with Gasteiger partial charge in [0.05, 0.1) is 23.2 Å². The zero-order valence-electron chi connectivity index (χ0n) is 13.8. The lowest BCUT2D eigenvalue weighted by molar-refractivity contribution is -0.129. The molecule has 0 radical (unpaired) electrons. The lowest BCUT2D eigenvalue weighted by atomic mass is 10.1. The zero-order valence-corrected chi connectivity index (χ0v) is 15.4. The molecule has 0 aliphatic carbocycles. The standard InChI is InChI=1S/C18H15ClN2O4S/c1-25-10-9-20-16(22)14(11-13-7-8-15(19)26-13)17(23)21(18(20)24)12-5-3-2-4-6-12/h2-8,11H,9-10H2,1H3/b14-11-. The maximum atomic E-state index is 12.9. The summed E-state index contributed by atoms with van der Waals surface area (Å²) >= 11 is 7.16. The van der Waals surface area contributed by atoms with Crippen LogP contribution in [0.1, 0.15) is 4.88 Å². The Morgan fingerprint density at radius 2 is 1.81 bits per heavy atom. The van der Waals surface area contributed by atoms with E-state index in [9.17, 15) is 14.4 Å². The number of barbiturate groups is 1. The zero-order chi connectivity index (χ0) is 18.7. The summed E-state index contributed by atoms with van der Waals surface area (Å²) in [5, 5.41) is 0. The number of amides is 4. The summed E-state index contributed by atoms with van der Waals surface area (Å²) < 4.78 is 5.52. The van der Waals surface area contributed by atoms with Crippen LogP contribution in [-0.4, -0.2) is 43.0 Å². The second-order valence-corrected chi connectivity index (χ2v) is 7.15. The predicted octanol–water partition coefficient (Wildman–Crippen LogP) is 3.43. The fraction of sp³-hybridized carbons (Fsp3) is 0.167. The summed E-state index contributed by atoms with van der Waals surface area (Å²) in [6, 6.07) is 11.2. The van der Waals surface area contributed by atoms with E-state index in [0.29, 0.717) is 14.9 Å². The van der Waals surface area contributed by atoms with Crippen LogP contribution in [-0.2, 0) is 14.3 Å². The first kappa shape index (κ1) is 18.3. The summed E-state index contributed by atoms with van der Waals surface area (Å²) in [5.41, 5.74) is 0.301. The van der Waals surface area contributed by atoms with Gasteiger partial charge in [-0.1, -0.05) is 29.8 Å². The molecule has 134 valence electrons. The molecule has 0 saturated carbocycles. The Hall–Kier alpha value is -2.48. The number of rotatable bonds is 5. The lowest BCUT2D eigenvalue weighted by Gasteiger charge is -2.33. The van der Waals surface area contributed by atoms with Gasteiger partial charge in [-0.15, -0.1) is 11.3 Å². The average molecular weight is 391 g/mol. The first-order valence-corrected chi connectivity index (χ1v) is 8.93. The van der Waals surface area contributed by atoms with Gasteiger partial charge in [0.25, 0.3) is 11.8 Å². The minimum absolute atomic E-state index is 0.0489. The van der Waals surface area contributed by atoms with E-state index in [4.69, 9.17) is 16.3 Å². The molecular formula is C18H15ClN2O4S. The average Bonchev–Trinajstić information content (AvgIpc) is 3.05. The van der Waals surface area contributed by atoms with Gasteiger partial charge < -0.3 is 4.74 Å². The molecule has 1 aromatic carbocycles. The van der Waals surface area contributed by atoms with Gasteiger partial charge in [-0.3, -0.25) is 14.5 Å². The van der Waals surface area contributed by atoms with Crippen molar-refractivity contribution in [2.75, 3.05) is 25.2 Å². The summed E-state index contributed by atoms with van der Waals surface area (Å²) in [6.07, 6.45) is 1.46. The highest BCUT2D eigenvalue weighted by molar-refractivity contribution is 7.17. The number of carbonyl (C=O) groups excluding carboxylic acids is 3. The lowest BCUT2D eigenvalue weighted by Crippen LogP contribution is -2.57. The first-order valence-electron chi connectivity index (χ1n) is 7.74. The maximum Gasteiger partial charge on any atom is 0.338 e. The molecule has 4 amide bonds. The Morgan fingerprint density at radius 1 is 1.08 bits per heavy atom. The topological polar surface area (TPSA) is 66.9 Å². The van der Waals surface area contributed by atoms with Crippen molar-refractivity contribution in [2.45, 2.75) is 0 Å². The van der Waals surface area contributed by atoms with Gasteiger partial charge in [0.2, 0.25) is 0 Å². The van der Waals surface area contributed by atoms with E-state index in [1.807, 2.05) is 0 Å². The van der Waals surface area contributed by atoms with Crippen LogP contribution in [0.15, 0.2) is 48.0 Å². The van der Waals surface area contributed by atoms with Crippen molar-refractivity contribution in [3.63, 3.8) is 0 Å². The van der Waals surface area contributed by atoms with Crippen LogP contribution in [0.3, 0.4) is 0 Å². The van der Waals surface area contributed by atoms with Gasteiger partial charge in [-0.25, -0.2) is 9.69 Å². The van der Waals surface area contributed by atoms with Crippen molar-refractivity contribution in [1.29, 1.82) is 0 Å². The second kappa shape index (κ2) is 7.82. The molecule has 0 atom stereocenters. The molecule has 0 bridgehead atoms. The number of halogens is 1. The molecule has 6 nitrogen and oxygen atoms in total. The van der Waals surface area contributed by atoms with Crippen molar-refractivity contribution < 1.29 is 19.1 Å². The Labute approximate surface area is 159 Å². The predicted molar refractivity (Wildman–Crippen MR) is 100 cm³/mol. The Morgan fingerprint density at radius 3 is 2.42 bits per heavy atom. The number of thiophene rings is 1. The molecule has 26 heavy (non-hydrogen) atoms. The van der Waals surface area contributed by atoms with Crippen LogP contribution in [0, 0.1) is 0 Å². The fourth-order valence-corrected chi connectivity index (χ4v) is 3.51. The molecule has 3 rings (SSSR count). The number of methoxy groups -OCH3 is 1. The number of urea groups is 1. The van der Waals surface area contributed by atoms with Crippen molar-refractivity contribution in [1.82, 2.24) is 4.90 Å². The molecule has 0 spiro atoms. The third kappa shape index (κ3) is 3.55. The van der Waals surface area contributed by atoms with E-state index in [1.54, 1.807) is 42.5 Å². The van der Waals surface area contributed by atoms with Gasteiger partial charge in [0.15, 0.2) is 0 Å². The van der Waals surface area contributed by atoms with Crippen LogP contribution >= 0.6 is 22.9 Å². The quantitative estimate of drug-likeness (QED) is 0.579. The highest BCUT2D eigenvalue weighted by Gasteiger charge is 2.42. The van der Waals surface area contributed by atoms with Crippen LogP contribution in [0.25, 0.3) is 6.08 Å². The Kier molecular flexibility index (Phi) is 5.51. The Balaban J connectivity index is 2.05. The van der Waals surface area contributed by atoms with Crippen LogP contribution in [0.2, 0.25) is 4.34 Å². The normalized spacial score (nSPS) is 16.7. The van der Waals surface area contributed by atoms with Gasteiger partial charge in [0, 0.05) is 12.0 Å². The SMILES string of the molecule is COCCN1C(=O)/C(=C/c2ccc(Cl)s2)C(=O)N(c2ccccc2)C1=O. The van der Waals surface area contributed by atoms with Crippen molar-refractivity contribution in [3.05, 3.63) is 57.3 Å². The van der Waals surface area contributed by atoms with Gasteiger partial charge >= 0.3 is 6.03 Å². The molecule has 1 aliphatic heterocycles. The fourth-order valence-electron chi connectivity index (χ4n) is 2.51. The molecule has 2 aromatic rings. The largest absolute Gasteiger partial charge is 0.383 e. The molecule has 1 saturated heterocycles. The second-order valence-electron chi connectivity index (χ2n) is 5.41. The number of para-hydroxylation sites is 1. The number of hydrogen-bond donors (Lipinski definition) is 0. The summed E-state index contributed by atoms with van der Waals surface area (Å²) in [4.78, 5) is 41.1. The minimum atomic E-state index is -0.690. The van der Waals surface area contributed by atoms with E-state index >= 15 is 0 Å².